The van der Waals surface area contributed by atoms with E-state index in [1.807, 2.05) is 0 Å². The van der Waals surface area contributed by atoms with Crippen LogP contribution in [0.2, 0.25) is 0 Å². The summed E-state index contributed by atoms with van der Waals surface area (Å²) in [6.45, 7) is 33.4. The number of hydrogen-bond donors (Lipinski definition) is 0. The van der Waals surface area contributed by atoms with E-state index in [4.69, 9.17) is 8.83 Å². The van der Waals surface area contributed by atoms with Crippen molar-refractivity contribution in [2.45, 2.75) is 155 Å². The molecule has 4 nitrogen and oxygen atoms in total. The second-order valence-corrected chi connectivity index (χ2v) is 27.1. The molecule has 356 valence electrons. The number of nitrogens with zero attached hydrogens (tertiary/aromatic N) is 2. The van der Waals surface area contributed by atoms with Gasteiger partial charge in [0.15, 0.2) is 0 Å². The first kappa shape index (κ1) is 43.6. The lowest BCUT2D eigenvalue weighted by Crippen LogP contribution is -2.60. The van der Waals surface area contributed by atoms with E-state index in [0.717, 1.165) is 53.4 Å². The van der Waals surface area contributed by atoms with Gasteiger partial charge in [0.2, 0.25) is 0 Å². The van der Waals surface area contributed by atoms with Gasteiger partial charge in [-0.1, -0.05) is 139 Å². The van der Waals surface area contributed by atoms with E-state index in [-0.39, 0.29) is 39.3 Å². The molecule has 0 spiro atoms. The Morgan fingerprint density at radius 3 is 1.70 bits per heavy atom. The van der Waals surface area contributed by atoms with Gasteiger partial charge in [0, 0.05) is 49.6 Å². The van der Waals surface area contributed by atoms with E-state index in [9.17, 15) is 0 Å². The highest BCUT2D eigenvalue weighted by molar-refractivity contribution is 6.94. The maximum absolute atomic E-state index is 7.35. The first-order chi connectivity index (χ1) is 33.4. The predicted molar refractivity (Wildman–Crippen MR) is 302 cm³/mol. The van der Waals surface area contributed by atoms with Crippen molar-refractivity contribution in [2.75, 3.05) is 4.81 Å². The van der Waals surface area contributed by atoms with Crippen LogP contribution in [0.3, 0.4) is 0 Å². The summed E-state index contributed by atoms with van der Waals surface area (Å²) >= 11 is 0. The average molecular weight is 931 g/mol. The fraction of sp³-hybridized carbons (Fsp3) is 0.364. The maximum Gasteiger partial charge on any atom is 0.333 e. The largest absolute Gasteiger partial charge is 0.456 e. The van der Waals surface area contributed by atoms with Crippen LogP contribution < -0.4 is 15.7 Å². The smallest absolute Gasteiger partial charge is 0.333 e. The minimum atomic E-state index is -0.154. The van der Waals surface area contributed by atoms with Crippen LogP contribution in [0.25, 0.3) is 82.5 Å². The topological polar surface area (TPSA) is 34.5 Å². The fourth-order valence-corrected chi connectivity index (χ4v) is 14.0. The van der Waals surface area contributed by atoms with Gasteiger partial charge >= 0.3 is 6.85 Å². The molecule has 0 unspecified atom stereocenters. The Bertz CT molecular complexity index is 4020. The number of rotatable bonds is 1. The SMILES string of the molecule is CC(C)(C)c1ccc(N2B3c4cc(C(C)(C)C)ccc4-n4c5cc6c(cc5c5c7oc8ccccc8c7c(c3c54)-c3cc4oc5cc7c(cc5c4cc32)C(C)(C)CCC7(C)C)C(C)(C)CCC6(C)C)cc1. The van der Waals surface area contributed by atoms with Crippen molar-refractivity contribution in [1.29, 1.82) is 0 Å². The van der Waals surface area contributed by atoms with Crippen molar-refractivity contribution >= 4 is 94.8 Å². The van der Waals surface area contributed by atoms with Crippen LogP contribution >= 0.6 is 0 Å². The standard InChI is InChI=1S/C66H67BN2O2/c1-61(2,3)36-19-22-38(23-20-36)69-51-32-41-40-30-44-47(66(13,14)28-26-63(44,7)8)35-54(40)70-53(41)33-43(51)55-56-39-17-15-16-18-52(39)71-60(56)57-42-31-45-46(65(11,12)27-25-64(45,9)10)34-50(42)68-49-24-21-37(62(4,5)6)29-48(49)67(69)58(55)59(57)68/h15-24,29-35H,25-28H2,1-14H3. The Morgan fingerprint density at radius 1 is 0.493 bits per heavy atom. The van der Waals surface area contributed by atoms with Crippen molar-refractivity contribution in [1.82, 2.24) is 4.57 Å². The molecule has 0 saturated heterocycles. The van der Waals surface area contributed by atoms with Gasteiger partial charge in [-0.15, -0.1) is 0 Å². The summed E-state index contributed by atoms with van der Waals surface area (Å²) < 4.78 is 17.2. The molecule has 0 N–H and O–H groups in total. The molecule has 5 heteroatoms. The number of fused-ring (bicyclic) bond motifs is 18. The Hall–Kier alpha value is -6.20. The number of aromatic nitrogens is 1. The van der Waals surface area contributed by atoms with E-state index in [0.29, 0.717) is 0 Å². The molecular weight excluding hydrogens is 864 g/mol. The van der Waals surface area contributed by atoms with Gasteiger partial charge in [-0.05, 0) is 169 Å². The Balaban J connectivity index is 1.21. The molecular formula is C66H67BN2O2. The van der Waals surface area contributed by atoms with Crippen molar-refractivity contribution in [3.8, 4) is 16.8 Å². The number of hydrogen-bond acceptors (Lipinski definition) is 3. The molecule has 3 aromatic heterocycles. The van der Waals surface area contributed by atoms with E-state index in [2.05, 4.69) is 209 Å². The maximum atomic E-state index is 7.35. The molecule has 4 aliphatic rings. The lowest BCUT2D eigenvalue weighted by atomic mass is 9.43. The molecule has 0 fully saturated rings. The van der Waals surface area contributed by atoms with Gasteiger partial charge in [0.25, 0.3) is 0 Å². The van der Waals surface area contributed by atoms with Crippen molar-refractivity contribution in [3.05, 3.63) is 137 Å². The molecule has 5 heterocycles. The molecule has 7 aromatic carbocycles. The minimum absolute atomic E-state index is 0.0106. The van der Waals surface area contributed by atoms with Gasteiger partial charge in [0.1, 0.15) is 22.3 Å². The highest BCUT2D eigenvalue weighted by Gasteiger charge is 2.48. The van der Waals surface area contributed by atoms with E-state index >= 15 is 0 Å². The summed E-state index contributed by atoms with van der Waals surface area (Å²) in [6, 6.07) is 40.7. The Morgan fingerprint density at radius 2 is 1.06 bits per heavy atom. The number of benzene rings is 7. The molecule has 0 radical (unpaired) electrons. The summed E-state index contributed by atoms with van der Waals surface area (Å²) in [7, 11) is 0. The first-order valence-electron chi connectivity index (χ1n) is 26.5. The van der Waals surface area contributed by atoms with Gasteiger partial charge in [0.05, 0.1) is 16.4 Å². The lowest BCUT2D eigenvalue weighted by Gasteiger charge is -2.43. The van der Waals surface area contributed by atoms with Crippen LogP contribution in [0.5, 0.6) is 0 Å². The van der Waals surface area contributed by atoms with E-state index in [1.165, 1.54) is 110 Å². The molecule has 10 aromatic rings. The molecule has 0 bridgehead atoms. The second kappa shape index (κ2) is 13.4. The van der Waals surface area contributed by atoms with Crippen LogP contribution in [0, 0.1) is 0 Å². The minimum Gasteiger partial charge on any atom is -0.456 e. The van der Waals surface area contributed by atoms with Crippen LogP contribution in [-0.2, 0) is 32.5 Å². The van der Waals surface area contributed by atoms with Gasteiger partial charge in [-0.2, -0.15) is 0 Å². The molecule has 0 amide bonds. The van der Waals surface area contributed by atoms with Crippen LogP contribution in [0.1, 0.15) is 156 Å². The predicted octanol–water partition coefficient (Wildman–Crippen LogP) is 17.1. The zero-order valence-corrected chi connectivity index (χ0v) is 44.4. The monoisotopic (exact) mass is 931 g/mol. The lowest BCUT2D eigenvalue weighted by molar-refractivity contribution is 0.332. The number of para-hydroxylation sites is 1. The quantitative estimate of drug-likeness (QED) is 0.154. The summed E-state index contributed by atoms with van der Waals surface area (Å²) in [4.78, 5) is 2.71. The zero-order valence-electron chi connectivity index (χ0n) is 44.4. The fourth-order valence-electron chi connectivity index (χ4n) is 14.0. The summed E-state index contributed by atoms with van der Waals surface area (Å²) in [5.41, 5.74) is 23.7. The van der Waals surface area contributed by atoms with Crippen molar-refractivity contribution in [3.63, 3.8) is 0 Å². The first-order valence-corrected chi connectivity index (χ1v) is 26.5. The summed E-state index contributed by atoms with van der Waals surface area (Å²) in [5.74, 6) is 0. The molecule has 2 aliphatic heterocycles. The summed E-state index contributed by atoms with van der Waals surface area (Å²) in [5, 5.41) is 7.20. The normalized spacial score (nSPS) is 18.5. The van der Waals surface area contributed by atoms with Crippen molar-refractivity contribution in [2.24, 2.45) is 0 Å². The number of furan rings is 2. The second-order valence-electron chi connectivity index (χ2n) is 27.1. The van der Waals surface area contributed by atoms with Crippen molar-refractivity contribution < 1.29 is 8.83 Å². The van der Waals surface area contributed by atoms with Crippen LogP contribution in [0.15, 0.2) is 112 Å². The zero-order chi connectivity index (χ0) is 49.4. The van der Waals surface area contributed by atoms with Crippen LogP contribution in [-0.4, -0.2) is 11.4 Å². The van der Waals surface area contributed by atoms with Gasteiger partial charge in [-0.25, -0.2) is 0 Å². The summed E-state index contributed by atoms with van der Waals surface area (Å²) in [6.07, 6.45) is 4.63. The Kier molecular flexibility index (Phi) is 8.25. The van der Waals surface area contributed by atoms with Crippen LogP contribution in [0.4, 0.5) is 11.4 Å². The third-order valence-corrected chi connectivity index (χ3v) is 18.6. The third-order valence-electron chi connectivity index (χ3n) is 18.6. The molecule has 71 heavy (non-hydrogen) atoms. The highest BCUT2D eigenvalue weighted by atomic mass is 16.3. The van der Waals surface area contributed by atoms with E-state index in [1.54, 1.807) is 0 Å². The Labute approximate surface area is 419 Å². The molecule has 14 rings (SSSR count). The van der Waals surface area contributed by atoms with E-state index < -0.39 is 0 Å². The average Bonchev–Trinajstić information content (AvgIpc) is 3.99. The highest BCUT2D eigenvalue weighted by Crippen LogP contribution is 2.56. The molecule has 2 aliphatic carbocycles. The molecule has 0 atom stereocenters. The van der Waals surface area contributed by atoms with Gasteiger partial charge < -0.3 is 18.2 Å². The molecule has 0 saturated carbocycles. The van der Waals surface area contributed by atoms with Gasteiger partial charge in [-0.3, -0.25) is 0 Å². The third kappa shape index (κ3) is 5.75. The number of anilines is 2.